The van der Waals surface area contributed by atoms with Gasteiger partial charge in [-0.3, -0.25) is 4.79 Å². The fourth-order valence-corrected chi connectivity index (χ4v) is 2.50. The fourth-order valence-electron chi connectivity index (χ4n) is 2.50. The molecule has 0 bridgehead atoms. The summed E-state index contributed by atoms with van der Waals surface area (Å²) >= 11 is 0. The molecule has 1 aliphatic rings. The zero-order valence-electron chi connectivity index (χ0n) is 11.0. The van der Waals surface area contributed by atoms with E-state index in [1.54, 1.807) is 0 Å². The number of nitrogens with zero attached hydrogens (tertiary/aromatic N) is 1. The van der Waals surface area contributed by atoms with E-state index in [2.05, 4.69) is 18.7 Å². The normalized spacial score (nSPS) is 22.4. The Hall–Kier alpha value is -0.370. The Morgan fingerprint density at radius 2 is 2.06 bits per heavy atom. The highest BCUT2D eigenvalue weighted by Crippen LogP contribution is 2.21. The van der Waals surface area contributed by atoms with Crippen LogP contribution >= 0.6 is 0 Å². The lowest BCUT2D eigenvalue weighted by atomic mass is 9.98. The van der Waals surface area contributed by atoms with Gasteiger partial charge in [-0.25, -0.2) is 0 Å². The van der Waals surface area contributed by atoms with E-state index in [1.165, 1.54) is 25.7 Å². The first-order valence-electron chi connectivity index (χ1n) is 7.03. The molecule has 0 aromatic rings. The van der Waals surface area contributed by atoms with Crippen molar-refractivity contribution in [2.45, 2.75) is 58.8 Å². The Kier molecular flexibility index (Phi) is 6.70. The Morgan fingerprint density at radius 1 is 1.25 bits per heavy atom. The van der Waals surface area contributed by atoms with Crippen LogP contribution in [-0.4, -0.2) is 30.3 Å². The summed E-state index contributed by atoms with van der Waals surface area (Å²) in [6.07, 6.45) is 8.09. The maximum atomic E-state index is 11.9. The van der Waals surface area contributed by atoms with Crippen LogP contribution in [0.1, 0.15) is 58.8 Å². The molecule has 1 aliphatic carbocycles. The zero-order valence-corrected chi connectivity index (χ0v) is 11.0. The third kappa shape index (κ3) is 4.65. The first kappa shape index (κ1) is 13.7. The molecule has 94 valence electrons. The molecule has 0 aliphatic heterocycles. The number of Topliss-reactive ketones (excluding diaryl/α,β-unsaturated/α-hetero) is 1. The number of carbonyl (C=O) groups excluding carboxylic acids is 1. The van der Waals surface area contributed by atoms with Gasteiger partial charge in [0.05, 0.1) is 0 Å². The summed E-state index contributed by atoms with van der Waals surface area (Å²) in [5, 5.41) is 0. The van der Waals surface area contributed by atoms with Crippen LogP contribution in [0.5, 0.6) is 0 Å². The molecular weight excluding hydrogens is 198 g/mol. The number of unbranched alkanes of at least 4 members (excludes halogenated alkanes) is 1. The Labute approximate surface area is 100 Å². The van der Waals surface area contributed by atoms with E-state index in [1.807, 2.05) is 0 Å². The number of hydrogen-bond donors (Lipinski definition) is 0. The van der Waals surface area contributed by atoms with Crippen molar-refractivity contribution in [2.75, 3.05) is 19.6 Å². The lowest BCUT2D eigenvalue weighted by Gasteiger charge is -2.24. The van der Waals surface area contributed by atoms with Crippen molar-refractivity contribution in [1.82, 2.24) is 4.90 Å². The van der Waals surface area contributed by atoms with Gasteiger partial charge in [-0.15, -0.1) is 0 Å². The molecule has 1 saturated carbocycles. The lowest BCUT2D eigenvalue weighted by Crippen LogP contribution is -2.33. The van der Waals surface area contributed by atoms with Crippen LogP contribution in [0.15, 0.2) is 0 Å². The van der Waals surface area contributed by atoms with Crippen molar-refractivity contribution in [1.29, 1.82) is 0 Å². The standard InChI is InChI=1S/C14H27NO/c1-3-5-11-15(4-2)12-13-9-7-6-8-10-14(13)16/h13H,3-12H2,1-2H3. The molecule has 2 heteroatoms. The molecule has 0 aromatic heterocycles. The fraction of sp³-hybridized carbons (Fsp3) is 0.929. The minimum Gasteiger partial charge on any atom is -0.303 e. The number of rotatable bonds is 6. The number of hydrogen-bond acceptors (Lipinski definition) is 2. The van der Waals surface area contributed by atoms with Crippen LogP contribution in [0.2, 0.25) is 0 Å². The third-order valence-corrected chi connectivity index (χ3v) is 3.68. The molecule has 0 radical (unpaired) electrons. The van der Waals surface area contributed by atoms with Gasteiger partial charge in [0.2, 0.25) is 0 Å². The summed E-state index contributed by atoms with van der Waals surface area (Å²) < 4.78 is 0. The molecule has 1 atom stereocenters. The first-order valence-corrected chi connectivity index (χ1v) is 7.03. The number of carbonyl (C=O) groups is 1. The Morgan fingerprint density at radius 3 is 2.75 bits per heavy atom. The molecule has 0 N–H and O–H groups in total. The summed E-state index contributed by atoms with van der Waals surface area (Å²) in [7, 11) is 0. The minimum atomic E-state index is 0.333. The Balaban J connectivity index is 2.38. The molecule has 1 fully saturated rings. The van der Waals surface area contributed by atoms with Crippen molar-refractivity contribution in [2.24, 2.45) is 5.92 Å². The highest BCUT2D eigenvalue weighted by atomic mass is 16.1. The second-order valence-corrected chi connectivity index (χ2v) is 5.01. The molecule has 0 heterocycles. The predicted octanol–water partition coefficient (Wildman–Crippen LogP) is 3.26. The van der Waals surface area contributed by atoms with Crippen molar-refractivity contribution >= 4 is 5.78 Å². The van der Waals surface area contributed by atoms with Gasteiger partial charge in [0.1, 0.15) is 5.78 Å². The molecule has 0 amide bonds. The van der Waals surface area contributed by atoms with Crippen LogP contribution in [-0.2, 0) is 4.79 Å². The van der Waals surface area contributed by atoms with Crippen LogP contribution in [0.4, 0.5) is 0 Å². The van der Waals surface area contributed by atoms with E-state index >= 15 is 0 Å². The van der Waals surface area contributed by atoms with Gasteiger partial charge in [0, 0.05) is 18.9 Å². The van der Waals surface area contributed by atoms with Gasteiger partial charge in [0.25, 0.3) is 0 Å². The van der Waals surface area contributed by atoms with Crippen LogP contribution in [0, 0.1) is 5.92 Å². The van der Waals surface area contributed by atoms with E-state index in [0.29, 0.717) is 11.7 Å². The minimum absolute atomic E-state index is 0.333. The smallest absolute Gasteiger partial charge is 0.137 e. The summed E-state index contributed by atoms with van der Waals surface area (Å²) in [4.78, 5) is 14.4. The molecule has 1 rings (SSSR count). The maximum absolute atomic E-state index is 11.9. The van der Waals surface area contributed by atoms with Gasteiger partial charge >= 0.3 is 0 Å². The predicted molar refractivity (Wildman–Crippen MR) is 68.6 cm³/mol. The van der Waals surface area contributed by atoms with Gasteiger partial charge in [0.15, 0.2) is 0 Å². The topological polar surface area (TPSA) is 20.3 Å². The third-order valence-electron chi connectivity index (χ3n) is 3.68. The number of ketones is 1. The van der Waals surface area contributed by atoms with Crippen molar-refractivity contribution in [3.05, 3.63) is 0 Å². The molecule has 2 nitrogen and oxygen atoms in total. The van der Waals surface area contributed by atoms with Gasteiger partial charge in [-0.05, 0) is 32.4 Å². The summed E-state index contributed by atoms with van der Waals surface area (Å²) in [6, 6.07) is 0. The highest BCUT2D eigenvalue weighted by Gasteiger charge is 2.22. The van der Waals surface area contributed by atoms with Crippen LogP contribution < -0.4 is 0 Å². The summed E-state index contributed by atoms with van der Waals surface area (Å²) in [5.74, 6) is 0.853. The van der Waals surface area contributed by atoms with E-state index in [4.69, 9.17) is 0 Å². The van der Waals surface area contributed by atoms with E-state index in [9.17, 15) is 4.79 Å². The van der Waals surface area contributed by atoms with E-state index < -0.39 is 0 Å². The van der Waals surface area contributed by atoms with Crippen LogP contribution in [0.25, 0.3) is 0 Å². The second kappa shape index (κ2) is 7.83. The highest BCUT2D eigenvalue weighted by molar-refractivity contribution is 5.81. The van der Waals surface area contributed by atoms with E-state index in [-0.39, 0.29) is 0 Å². The van der Waals surface area contributed by atoms with Crippen molar-refractivity contribution in [3.63, 3.8) is 0 Å². The van der Waals surface area contributed by atoms with Gasteiger partial charge < -0.3 is 4.90 Å². The summed E-state index contributed by atoms with van der Waals surface area (Å²) in [5.41, 5.74) is 0. The van der Waals surface area contributed by atoms with Gasteiger partial charge in [-0.2, -0.15) is 0 Å². The average molecular weight is 225 g/mol. The molecule has 1 unspecified atom stereocenters. The van der Waals surface area contributed by atoms with E-state index in [0.717, 1.165) is 38.9 Å². The van der Waals surface area contributed by atoms with Gasteiger partial charge in [-0.1, -0.05) is 33.1 Å². The Bertz CT molecular complexity index is 203. The maximum Gasteiger partial charge on any atom is 0.137 e. The summed E-state index contributed by atoms with van der Waals surface area (Å²) in [6.45, 7) is 7.69. The lowest BCUT2D eigenvalue weighted by molar-refractivity contribution is -0.123. The molecule has 16 heavy (non-hydrogen) atoms. The SMILES string of the molecule is CCCCN(CC)CC1CCCCCC1=O. The molecule has 0 saturated heterocycles. The van der Waals surface area contributed by atoms with Crippen molar-refractivity contribution < 1.29 is 4.79 Å². The monoisotopic (exact) mass is 225 g/mol. The average Bonchev–Trinajstić information content (AvgIpc) is 2.50. The van der Waals surface area contributed by atoms with Crippen LogP contribution in [0.3, 0.4) is 0 Å². The zero-order chi connectivity index (χ0) is 11.8. The molecule has 0 spiro atoms. The van der Waals surface area contributed by atoms with Crippen molar-refractivity contribution in [3.8, 4) is 0 Å². The second-order valence-electron chi connectivity index (χ2n) is 5.01. The first-order chi connectivity index (χ1) is 7.77. The largest absolute Gasteiger partial charge is 0.303 e. The molecule has 0 aromatic carbocycles. The quantitative estimate of drug-likeness (QED) is 0.647. The molecular formula is C14H27NO.